The van der Waals surface area contributed by atoms with E-state index in [0.29, 0.717) is 16.1 Å². The minimum atomic E-state index is -0.474. The third-order valence-corrected chi connectivity index (χ3v) is 5.29. The molecule has 0 aliphatic carbocycles. The van der Waals surface area contributed by atoms with Crippen molar-refractivity contribution in [1.82, 2.24) is 4.98 Å². The summed E-state index contributed by atoms with van der Waals surface area (Å²) < 4.78 is 4.87. The van der Waals surface area contributed by atoms with Crippen LogP contribution in [0.25, 0.3) is 0 Å². The molecule has 0 aliphatic rings. The van der Waals surface area contributed by atoms with Gasteiger partial charge in [0.2, 0.25) is 0 Å². The fourth-order valence-corrected chi connectivity index (χ4v) is 3.68. The van der Waals surface area contributed by atoms with Gasteiger partial charge in [-0.05, 0) is 23.8 Å². The van der Waals surface area contributed by atoms with Crippen molar-refractivity contribution < 1.29 is 14.3 Å². The van der Waals surface area contributed by atoms with Gasteiger partial charge in [-0.3, -0.25) is 9.78 Å². The van der Waals surface area contributed by atoms with Crippen LogP contribution in [0.2, 0.25) is 0 Å². The fraction of sp³-hybridized carbons (Fsp3) is 0.150. The molecule has 2 heterocycles. The first-order chi connectivity index (χ1) is 12.6. The number of nitrogens with zero attached hydrogens (tertiary/aromatic N) is 1. The Labute approximate surface area is 155 Å². The van der Waals surface area contributed by atoms with Crippen LogP contribution in [-0.4, -0.2) is 24.0 Å². The lowest BCUT2D eigenvalue weighted by Gasteiger charge is -2.09. The van der Waals surface area contributed by atoms with Gasteiger partial charge in [0.1, 0.15) is 5.00 Å². The van der Waals surface area contributed by atoms with Crippen molar-refractivity contribution in [3.63, 3.8) is 0 Å². The smallest absolute Gasteiger partial charge is 0.340 e. The van der Waals surface area contributed by atoms with Crippen LogP contribution < -0.4 is 5.32 Å². The molecular weight excluding hydrogens is 348 g/mol. The Bertz CT molecular complexity index is 907. The van der Waals surface area contributed by atoms with Gasteiger partial charge < -0.3 is 10.1 Å². The SMILES string of the molecule is COC(=O)c1cc(C(C)c2ccccc2)sc1NC(=O)c1ccncc1. The van der Waals surface area contributed by atoms with Crippen LogP contribution in [0.15, 0.2) is 60.9 Å². The van der Waals surface area contributed by atoms with Crippen molar-refractivity contribution in [3.8, 4) is 0 Å². The summed E-state index contributed by atoms with van der Waals surface area (Å²) in [5.74, 6) is -0.674. The Morgan fingerprint density at radius 1 is 1.12 bits per heavy atom. The van der Waals surface area contributed by atoms with E-state index in [1.54, 1.807) is 30.6 Å². The van der Waals surface area contributed by atoms with Crippen molar-refractivity contribution in [1.29, 1.82) is 0 Å². The minimum absolute atomic E-state index is 0.0937. The molecule has 0 saturated carbocycles. The van der Waals surface area contributed by atoms with Crippen LogP contribution in [0.1, 0.15) is 44.0 Å². The minimum Gasteiger partial charge on any atom is -0.465 e. The molecule has 26 heavy (non-hydrogen) atoms. The second kappa shape index (κ2) is 7.93. The van der Waals surface area contributed by atoms with Gasteiger partial charge >= 0.3 is 5.97 Å². The first-order valence-electron chi connectivity index (χ1n) is 8.08. The number of esters is 1. The summed E-state index contributed by atoms with van der Waals surface area (Å²) in [5, 5.41) is 3.30. The van der Waals surface area contributed by atoms with Crippen molar-refractivity contribution in [2.24, 2.45) is 0 Å². The summed E-state index contributed by atoms with van der Waals surface area (Å²) in [6.07, 6.45) is 3.10. The molecule has 0 aliphatic heterocycles. The Morgan fingerprint density at radius 3 is 2.46 bits per heavy atom. The molecule has 1 atom stereocenters. The third kappa shape index (κ3) is 3.81. The van der Waals surface area contributed by atoms with Crippen molar-refractivity contribution in [3.05, 3.63) is 82.5 Å². The average molecular weight is 366 g/mol. The Hall–Kier alpha value is -2.99. The number of aromatic nitrogens is 1. The Morgan fingerprint density at radius 2 is 1.81 bits per heavy atom. The summed E-state index contributed by atoms with van der Waals surface area (Å²) in [7, 11) is 1.33. The molecule has 5 nitrogen and oxygen atoms in total. The molecule has 1 aromatic carbocycles. The van der Waals surface area contributed by atoms with Gasteiger partial charge in [-0.2, -0.15) is 0 Å². The maximum Gasteiger partial charge on any atom is 0.340 e. The lowest BCUT2D eigenvalue weighted by Crippen LogP contribution is -2.13. The molecule has 2 aromatic heterocycles. The average Bonchev–Trinajstić information content (AvgIpc) is 3.11. The zero-order valence-corrected chi connectivity index (χ0v) is 15.2. The van der Waals surface area contributed by atoms with Crippen LogP contribution in [0.4, 0.5) is 5.00 Å². The molecule has 0 saturated heterocycles. The molecule has 1 amide bonds. The molecule has 0 radical (unpaired) electrons. The first-order valence-corrected chi connectivity index (χ1v) is 8.90. The number of methoxy groups -OCH3 is 1. The molecule has 0 fully saturated rings. The number of carbonyl (C=O) groups excluding carboxylic acids is 2. The molecule has 1 N–H and O–H groups in total. The van der Waals surface area contributed by atoms with E-state index in [4.69, 9.17) is 4.74 Å². The highest BCUT2D eigenvalue weighted by atomic mass is 32.1. The third-order valence-electron chi connectivity index (χ3n) is 4.05. The van der Waals surface area contributed by atoms with Gasteiger partial charge in [0, 0.05) is 28.8 Å². The number of hydrogen-bond acceptors (Lipinski definition) is 5. The molecule has 1 unspecified atom stereocenters. The van der Waals surface area contributed by atoms with E-state index in [0.717, 1.165) is 10.4 Å². The lowest BCUT2D eigenvalue weighted by atomic mass is 9.99. The van der Waals surface area contributed by atoms with Crippen LogP contribution in [-0.2, 0) is 4.74 Å². The fourth-order valence-electron chi connectivity index (χ4n) is 2.56. The van der Waals surface area contributed by atoms with E-state index in [1.807, 2.05) is 30.3 Å². The Balaban J connectivity index is 1.92. The molecule has 6 heteroatoms. The number of pyridine rings is 1. The van der Waals surface area contributed by atoms with Gasteiger partial charge in [0.25, 0.3) is 5.91 Å². The Kier molecular flexibility index (Phi) is 5.43. The molecule has 0 bridgehead atoms. The number of ether oxygens (including phenoxy) is 1. The second-order valence-corrected chi connectivity index (χ2v) is 6.79. The number of thiophene rings is 1. The van der Waals surface area contributed by atoms with E-state index in [2.05, 4.69) is 17.2 Å². The van der Waals surface area contributed by atoms with Crippen molar-refractivity contribution in [2.45, 2.75) is 12.8 Å². The largest absolute Gasteiger partial charge is 0.465 e. The van der Waals surface area contributed by atoms with Gasteiger partial charge in [0.15, 0.2) is 0 Å². The monoisotopic (exact) mass is 366 g/mol. The highest BCUT2D eigenvalue weighted by Gasteiger charge is 2.22. The summed E-state index contributed by atoms with van der Waals surface area (Å²) in [4.78, 5) is 29.5. The van der Waals surface area contributed by atoms with Gasteiger partial charge in [-0.15, -0.1) is 11.3 Å². The molecule has 3 aromatic rings. The quantitative estimate of drug-likeness (QED) is 0.682. The highest BCUT2D eigenvalue weighted by molar-refractivity contribution is 7.16. The molecule has 3 rings (SSSR count). The van der Waals surface area contributed by atoms with Crippen molar-refractivity contribution >= 4 is 28.2 Å². The lowest BCUT2D eigenvalue weighted by molar-refractivity contribution is 0.0602. The number of carbonyl (C=O) groups is 2. The topological polar surface area (TPSA) is 68.3 Å². The number of nitrogens with one attached hydrogen (secondary N) is 1. The molecule has 0 spiro atoms. The van der Waals surface area contributed by atoms with Crippen LogP contribution in [0.5, 0.6) is 0 Å². The summed E-state index contributed by atoms with van der Waals surface area (Å²) in [6, 6.07) is 15.0. The number of amides is 1. The number of hydrogen-bond donors (Lipinski definition) is 1. The highest BCUT2D eigenvalue weighted by Crippen LogP contribution is 2.36. The summed E-state index contributed by atoms with van der Waals surface area (Å²) >= 11 is 1.38. The van der Waals surface area contributed by atoms with E-state index in [-0.39, 0.29) is 11.8 Å². The number of rotatable bonds is 5. The van der Waals surface area contributed by atoms with E-state index in [1.165, 1.54) is 18.4 Å². The standard InChI is InChI=1S/C20H18N2O3S/c1-13(14-6-4-3-5-7-14)17-12-16(20(24)25-2)19(26-17)22-18(23)15-8-10-21-11-9-15/h3-13H,1-2H3,(H,22,23). The van der Waals surface area contributed by atoms with Crippen LogP contribution in [0.3, 0.4) is 0 Å². The number of benzene rings is 1. The van der Waals surface area contributed by atoms with E-state index < -0.39 is 5.97 Å². The molecule has 132 valence electrons. The predicted molar refractivity (Wildman–Crippen MR) is 102 cm³/mol. The zero-order chi connectivity index (χ0) is 18.5. The normalized spacial score (nSPS) is 11.6. The molecular formula is C20H18N2O3S. The van der Waals surface area contributed by atoms with Crippen molar-refractivity contribution in [2.75, 3.05) is 12.4 Å². The maximum absolute atomic E-state index is 12.4. The van der Waals surface area contributed by atoms with Gasteiger partial charge in [-0.1, -0.05) is 37.3 Å². The van der Waals surface area contributed by atoms with Crippen LogP contribution >= 0.6 is 11.3 Å². The summed E-state index contributed by atoms with van der Waals surface area (Å²) in [6.45, 7) is 2.07. The predicted octanol–water partition coefficient (Wildman–Crippen LogP) is 4.33. The summed E-state index contributed by atoms with van der Waals surface area (Å²) in [5.41, 5.74) is 1.97. The first kappa shape index (κ1) is 17.8. The zero-order valence-electron chi connectivity index (χ0n) is 14.4. The van der Waals surface area contributed by atoms with Crippen LogP contribution in [0, 0.1) is 0 Å². The van der Waals surface area contributed by atoms with E-state index >= 15 is 0 Å². The van der Waals surface area contributed by atoms with Gasteiger partial charge in [-0.25, -0.2) is 4.79 Å². The van der Waals surface area contributed by atoms with Gasteiger partial charge in [0.05, 0.1) is 12.7 Å². The van der Waals surface area contributed by atoms with E-state index in [9.17, 15) is 9.59 Å². The second-order valence-electron chi connectivity index (χ2n) is 5.71. The maximum atomic E-state index is 12.4. The number of anilines is 1.